The van der Waals surface area contributed by atoms with E-state index in [1.54, 1.807) is 22.9 Å². The van der Waals surface area contributed by atoms with E-state index in [2.05, 4.69) is 6.58 Å². The topological polar surface area (TPSA) is 60.9 Å². The van der Waals surface area contributed by atoms with Crippen molar-refractivity contribution in [2.45, 2.75) is 12.5 Å². The summed E-state index contributed by atoms with van der Waals surface area (Å²) in [6.07, 6.45) is 1.52. The first-order valence-electron chi connectivity index (χ1n) is 4.88. The molecule has 0 saturated carbocycles. The number of rotatable bonds is 4. The Morgan fingerprint density at radius 2 is 2.33 bits per heavy atom. The Morgan fingerprint density at radius 3 is 2.87 bits per heavy atom. The van der Waals surface area contributed by atoms with E-state index < -0.39 is 12.0 Å². The summed E-state index contributed by atoms with van der Waals surface area (Å²) in [5.41, 5.74) is 0. The molecule has 5 heteroatoms. The standard InChI is InChI=1S/C10H16N2O3/c1-3-4-12-6-5-11(2)8(10(12)15)7-9(13)14/h3,8H,1,4-7H2,2H3,(H,13,14). The quantitative estimate of drug-likeness (QED) is 0.655. The maximum absolute atomic E-state index is 11.8. The number of carboxylic acids is 1. The molecule has 84 valence electrons. The van der Waals surface area contributed by atoms with Gasteiger partial charge in [-0.25, -0.2) is 0 Å². The highest BCUT2D eigenvalue weighted by atomic mass is 16.4. The predicted octanol–water partition coefficient (Wildman–Crippen LogP) is -0.210. The third kappa shape index (κ3) is 2.79. The Morgan fingerprint density at radius 1 is 1.67 bits per heavy atom. The lowest BCUT2D eigenvalue weighted by atomic mass is 10.1. The Labute approximate surface area is 89.0 Å². The molecule has 0 spiro atoms. The van der Waals surface area contributed by atoms with Gasteiger partial charge < -0.3 is 10.0 Å². The molecular formula is C10H16N2O3. The van der Waals surface area contributed by atoms with E-state index >= 15 is 0 Å². The van der Waals surface area contributed by atoms with Crippen molar-refractivity contribution in [3.8, 4) is 0 Å². The molecule has 15 heavy (non-hydrogen) atoms. The van der Waals surface area contributed by atoms with Crippen molar-refractivity contribution < 1.29 is 14.7 Å². The van der Waals surface area contributed by atoms with Crippen molar-refractivity contribution in [3.05, 3.63) is 12.7 Å². The maximum Gasteiger partial charge on any atom is 0.305 e. The largest absolute Gasteiger partial charge is 0.481 e. The lowest BCUT2D eigenvalue weighted by Crippen LogP contribution is -2.56. The lowest BCUT2D eigenvalue weighted by molar-refractivity contribution is -0.148. The van der Waals surface area contributed by atoms with Crippen LogP contribution >= 0.6 is 0 Å². The number of hydrogen-bond acceptors (Lipinski definition) is 3. The number of likely N-dealkylation sites (N-methyl/N-ethyl adjacent to an activating group) is 1. The summed E-state index contributed by atoms with van der Waals surface area (Å²) >= 11 is 0. The zero-order valence-corrected chi connectivity index (χ0v) is 8.85. The summed E-state index contributed by atoms with van der Waals surface area (Å²) in [6.45, 7) is 5.40. The van der Waals surface area contributed by atoms with Gasteiger partial charge in [0.1, 0.15) is 0 Å². The average Bonchev–Trinajstić information content (AvgIpc) is 2.17. The molecule has 1 rings (SSSR count). The van der Waals surface area contributed by atoms with Crippen LogP contribution in [0, 0.1) is 0 Å². The first-order chi connectivity index (χ1) is 7.06. The third-order valence-corrected chi connectivity index (χ3v) is 2.57. The summed E-state index contributed by atoms with van der Waals surface area (Å²) in [5.74, 6) is -1.06. The van der Waals surface area contributed by atoms with Crippen LogP contribution in [0.25, 0.3) is 0 Å². The minimum atomic E-state index is -0.944. The predicted molar refractivity (Wildman–Crippen MR) is 55.4 cm³/mol. The molecule has 1 amide bonds. The van der Waals surface area contributed by atoms with Gasteiger partial charge in [0.25, 0.3) is 0 Å². The Kier molecular flexibility index (Phi) is 3.85. The van der Waals surface area contributed by atoms with Gasteiger partial charge in [0.05, 0.1) is 12.5 Å². The van der Waals surface area contributed by atoms with Crippen LogP contribution in [-0.2, 0) is 9.59 Å². The van der Waals surface area contributed by atoms with Crippen molar-refractivity contribution >= 4 is 11.9 Å². The highest BCUT2D eigenvalue weighted by Gasteiger charge is 2.33. The molecule has 1 fully saturated rings. The smallest absolute Gasteiger partial charge is 0.305 e. The Balaban J connectivity index is 2.69. The first-order valence-corrected chi connectivity index (χ1v) is 4.88. The molecule has 1 saturated heterocycles. The van der Waals surface area contributed by atoms with Gasteiger partial charge in [0.15, 0.2) is 0 Å². The van der Waals surface area contributed by atoms with Crippen LogP contribution in [0.15, 0.2) is 12.7 Å². The fourth-order valence-electron chi connectivity index (χ4n) is 1.69. The van der Waals surface area contributed by atoms with E-state index in [-0.39, 0.29) is 12.3 Å². The number of amides is 1. The number of carbonyl (C=O) groups is 2. The molecular weight excluding hydrogens is 196 g/mol. The molecule has 0 radical (unpaired) electrons. The second kappa shape index (κ2) is 4.93. The van der Waals surface area contributed by atoms with Crippen molar-refractivity contribution in [2.75, 3.05) is 26.7 Å². The maximum atomic E-state index is 11.8. The number of nitrogens with zero attached hydrogens (tertiary/aromatic N) is 2. The number of piperazine rings is 1. The molecule has 1 unspecified atom stereocenters. The normalized spacial score (nSPS) is 22.9. The highest BCUT2D eigenvalue weighted by Crippen LogP contribution is 2.12. The van der Waals surface area contributed by atoms with Crippen molar-refractivity contribution in [1.82, 2.24) is 9.80 Å². The van der Waals surface area contributed by atoms with Gasteiger partial charge in [0, 0.05) is 19.6 Å². The van der Waals surface area contributed by atoms with E-state index in [0.29, 0.717) is 19.6 Å². The minimum Gasteiger partial charge on any atom is -0.481 e. The van der Waals surface area contributed by atoms with Crippen LogP contribution in [0.3, 0.4) is 0 Å². The van der Waals surface area contributed by atoms with E-state index in [1.807, 2.05) is 0 Å². The summed E-state index contributed by atoms with van der Waals surface area (Å²) in [7, 11) is 1.77. The molecule has 1 heterocycles. The second-order valence-electron chi connectivity index (χ2n) is 3.67. The van der Waals surface area contributed by atoms with Crippen molar-refractivity contribution in [3.63, 3.8) is 0 Å². The lowest BCUT2D eigenvalue weighted by Gasteiger charge is -2.37. The monoisotopic (exact) mass is 212 g/mol. The minimum absolute atomic E-state index is 0.119. The molecule has 0 bridgehead atoms. The van der Waals surface area contributed by atoms with Gasteiger partial charge in [-0.05, 0) is 7.05 Å². The molecule has 0 aromatic carbocycles. The van der Waals surface area contributed by atoms with Gasteiger partial charge in [0.2, 0.25) is 5.91 Å². The molecule has 1 aliphatic heterocycles. The number of aliphatic carboxylic acids is 1. The summed E-state index contributed by atoms with van der Waals surface area (Å²) in [4.78, 5) is 25.9. The molecule has 1 N–H and O–H groups in total. The second-order valence-corrected chi connectivity index (χ2v) is 3.67. The molecule has 0 aliphatic carbocycles. The Hall–Kier alpha value is -1.36. The van der Waals surface area contributed by atoms with E-state index in [4.69, 9.17) is 5.11 Å². The average molecular weight is 212 g/mol. The van der Waals surface area contributed by atoms with Crippen molar-refractivity contribution in [2.24, 2.45) is 0 Å². The SMILES string of the molecule is C=CCN1CCN(C)C(CC(=O)O)C1=O. The van der Waals surface area contributed by atoms with Gasteiger partial charge in [-0.15, -0.1) is 6.58 Å². The fraction of sp³-hybridized carbons (Fsp3) is 0.600. The van der Waals surface area contributed by atoms with Gasteiger partial charge in [-0.1, -0.05) is 6.08 Å². The molecule has 5 nitrogen and oxygen atoms in total. The summed E-state index contributed by atoms with van der Waals surface area (Å²) in [6, 6.07) is -0.531. The van der Waals surface area contributed by atoms with E-state index in [0.717, 1.165) is 0 Å². The molecule has 1 atom stereocenters. The summed E-state index contributed by atoms with van der Waals surface area (Å²) in [5, 5.41) is 8.70. The zero-order chi connectivity index (χ0) is 11.4. The van der Waals surface area contributed by atoms with Crippen LogP contribution in [0.4, 0.5) is 0 Å². The third-order valence-electron chi connectivity index (χ3n) is 2.57. The van der Waals surface area contributed by atoms with E-state index in [1.165, 1.54) is 0 Å². The van der Waals surface area contributed by atoms with Gasteiger partial charge >= 0.3 is 5.97 Å². The number of hydrogen-bond donors (Lipinski definition) is 1. The fourth-order valence-corrected chi connectivity index (χ4v) is 1.69. The van der Waals surface area contributed by atoms with Crippen LogP contribution in [0.5, 0.6) is 0 Å². The number of carboxylic acid groups (broad SMARTS) is 1. The number of carbonyl (C=O) groups excluding carboxylic acids is 1. The van der Waals surface area contributed by atoms with Gasteiger partial charge in [-0.3, -0.25) is 14.5 Å². The molecule has 1 aliphatic rings. The van der Waals surface area contributed by atoms with Crippen molar-refractivity contribution in [1.29, 1.82) is 0 Å². The van der Waals surface area contributed by atoms with Crippen LogP contribution in [-0.4, -0.2) is 59.5 Å². The Bertz CT molecular complexity index is 278. The zero-order valence-electron chi connectivity index (χ0n) is 8.85. The van der Waals surface area contributed by atoms with Gasteiger partial charge in [-0.2, -0.15) is 0 Å². The first kappa shape index (κ1) is 11.7. The van der Waals surface area contributed by atoms with Crippen LogP contribution in [0.1, 0.15) is 6.42 Å². The summed E-state index contributed by atoms with van der Waals surface area (Å²) < 4.78 is 0. The van der Waals surface area contributed by atoms with E-state index in [9.17, 15) is 9.59 Å². The highest BCUT2D eigenvalue weighted by molar-refractivity contribution is 5.86. The van der Waals surface area contributed by atoms with Crippen LogP contribution < -0.4 is 0 Å². The van der Waals surface area contributed by atoms with Crippen LogP contribution in [0.2, 0.25) is 0 Å². The molecule has 0 aromatic heterocycles. The molecule has 0 aromatic rings.